The van der Waals surface area contributed by atoms with Crippen LogP contribution in [-0.2, 0) is 4.74 Å². The normalized spacial score (nSPS) is 20.6. The SMILES string of the molecule is CC(C)(C)OC(=O)N1CCC2(CC1)CC(Nc1ncnc(Cl)n1)C2. The highest BCUT2D eigenvalue weighted by molar-refractivity contribution is 6.28. The number of ether oxygens (including phenoxy) is 1. The molecule has 0 aromatic carbocycles. The second-order valence-corrected chi connectivity index (χ2v) is 8.13. The maximum atomic E-state index is 12.1. The second kappa shape index (κ2) is 6.35. The van der Waals surface area contributed by atoms with Crippen molar-refractivity contribution in [1.29, 1.82) is 0 Å². The van der Waals surface area contributed by atoms with Crippen molar-refractivity contribution in [2.75, 3.05) is 18.4 Å². The fourth-order valence-electron chi connectivity index (χ4n) is 3.51. The van der Waals surface area contributed by atoms with Crippen LogP contribution in [-0.4, -0.2) is 50.7 Å². The van der Waals surface area contributed by atoms with E-state index in [9.17, 15) is 4.79 Å². The summed E-state index contributed by atoms with van der Waals surface area (Å²) in [4.78, 5) is 25.9. The molecule has 1 N–H and O–H groups in total. The van der Waals surface area contributed by atoms with Gasteiger partial charge < -0.3 is 15.0 Å². The molecule has 1 aliphatic heterocycles. The van der Waals surface area contributed by atoms with Gasteiger partial charge in [0.15, 0.2) is 0 Å². The summed E-state index contributed by atoms with van der Waals surface area (Å²) in [7, 11) is 0. The van der Waals surface area contributed by atoms with Gasteiger partial charge in [-0.3, -0.25) is 0 Å². The fraction of sp³-hybridized carbons (Fsp3) is 0.750. The molecule has 1 saturated heterocycles. The molecule has 1 aliphatic carbocycles. The molecule has 0 bridgehead atoms. The predicted molar refractivity (Wildman–Crippen MR) is 91.0 cm³/mol. The number of likely N-dealkylation sites (tertiary alicyclic amines) is 1. The van der Waals surface area contributed by atoms with E-state index in [1.54, 1.807) is 0 Å². The van der Waals surface area contributed by atoms with Gasteiger partial charge in [0.05, 0.1) is 0 Å². The Hall–Kier alpha value is -1.63. The summed E-state index contributed by atoms with van der Waals surface area (Å²) in [6.07, 6.45) is 5.37. The first-order valence-electron chi connectivity index (χ1n) is 8.34. The van der Waals surface area contributed by atoms with Crippen LogP contribution in [0.2, 0.25) is 5.28 Å². The van der Waals surface area contributed by atoms with Crippen LogP contribution in [0.15, 0.2) is 6.33 Å². The predicted octanol–water partition coefficient (Wildman–Crippen LogP) is 3.12. The van der Waals surface area contributed by atoms with Gasteiger partial charge in [0, 0.05) is 19.1 Å². The molecule has 132 valence electrons. The van der Waals surface area contributed by atoms with E-state index in [1.165, 1.54) is 6.33 Å². The zero-order chi connectivity index (χ0) is 17.4. The summed E-state index contributed by atoms with van der Waals surface area (Å²) >= 11 is 5.77. The molecule has 1 aromatic rings. The Morgan fingerprint density at radius 3 is 2.58 bits per heavy atom. The number of carbonyl (C=O) groups is 1. The minimum Gasteiger partial charge on any atom is -0.444 e. The van der Waals surface area contributed by atoms with Crippen molar-refractivity contribution in [3.8, 4) is 0 Å². The van der Waals surface area contributed by atoms with Crippen molar-refractivity contribution in [3.63, 3.8) is 0 Å². The van der Waals surface area contributed by atoms with E-state index in [-0.39, 0.29) is 11.4 Å². The van der Waals surface area contributed by atoms with Gasteiger partial charge in [0.25, 0.3) is 0 Å². The van der Waals surface area contributed by atoms with E-state index in [4.69, 9.17) is 16.3 Å². The third kappa shape index (κ3) is 4.06. The van der Waals surface area contributed by atoms with Crippen LogP contribution in [0.25, 0.3) is 0 Å². The Labute approximate surface area is 147 Å². The lowest BCUT2D eigenvalue weighted by atomic mass is 9.60. The van der Waals surface area contributed by atoms with Gasteiger partial charge in [-0.15, -0.1) is 0 Å². The van der Waals surface area contributed by atoms with Gasteiger partial charge in [0.1, 0.15) is 11.9 Å². The van der Waals surface area contributed by atoms with Gasteiger partial charge in [0.2, 0.25) is 11.2 Å². The van der Waals surface area contributed by atoms with Gasteiger partial charge in [-0.2, -0.15) is 4.98 Å². The summed E-state index contributed by atoms with van der Waals surface area (Å²) < 4.78 is 5.45. The molecule has 3 rings (SSSR count). The van der Waals surface area contributed by atoms with Crippen LogP contribution in [0.4, 0.5) is 10.7 Å². The topological polar surface area (TPSA) is 80.2 Å². The van der Waals surface area contributed by atoms with Crippen molar-refractivity contribution in [2.45, 2.75) is 58.1 Å². The van der Waals surface area contributed by atoms with Crippen molar-refractivity contribution < 1.29 is 9.53 Å². The molecule has 1 amide bonds. The highest BCUT2D eigenvalue weighted by Crippen LogP contribution is 2.49. The summed E-state index contributed by atoms with van der Waals surface area (Å²) in [6.45, 7) is 7.21. The van der Waals surface area contributed by atoms with E-state index in [1.807, 2.05) is 25.7 Å². The molecule has 0 radical (unpaired) electrons. The van der Waals surface area contributed by atoms with Gasteiger partial charge in [-0.25, -0.2) is 14.8 Å². The molecule has 0 unspecified atom stereocenters. The molecule has 8 heteroatoms. The average molecular weight is 354 g/mol. The standard InChI is InChI=1S/C16H24ClN5O2/c1-15(2,3)24-14(23)22-6-4-16(5-7-22)8-11(9-16)20-13-19-10-18-12(17)21-13/h10-11H,4-9H2,1-3H3,(H,18,19,20,21). The lowest BCUT2D eigenvalue weighted by molar-refractivity contribution is -0.00866. The number of nitrogens with one attached hydrogen (secondary N) is 1. The zero-order valence-electron chi connectivity index (χ0n) is 14.4. The molecule has 7 nitrogen and oxygen atoms in total. The number of halogens is 1. The molecular formula is C16H24ClN5O2. The Morgan fingerprint density at radius 2 is 2.00 bits per heavy atom. The third-order valence-electron chi connectivity index (χ3n) is 4.71. The van der Waals surface area contributed by atoms with E-state index in [0.29, 0.717) is 17.4 Å². The largest absolute Gasteiger partial charge is 0.444 e. The van der Waals surface area contributed by atoms with Crippen LogP contribution in [0, 0.1) is 5.41 Å². The Bertz CT molecular complexity index is 603. The summed E-state index contributed by atoms with van der Waals surface area (Å²) in [5, 5.41) is 3.51. The third-order valence-corrected chi connectivity index (χ3v) is 4.89. The lowest BCUT2D eigenvalue weighted by Gasteiger charge is -2.52. The lowest BCUT2D eigenvalue weighted by Crippen LogP contribution is -2.53. The molecule has 0 atom stereocenters. The van der Waals surface area contributed by atoms with E-state index < -0.39 is 5.60 Å². The van der Waals surface area contributed by atoms with Crippen LogP contribution >= 0.6 is 11.6 Å². The van der Waals surface area contributed by atoms with Gasteiger partial charge >= 0.3 is 6.09 Å². The Balaban J connectivity index is 1.46. The van der Waals surface area contributed by atoms with Crippen molar-refractivity contribution in [3.05, 3.63) is 11.6 Å². The average Bonchev–Trinajstić information content (AvgIpc) is 2.44. The number of aromatic nitrogens is 3. The van der Waals surface area contributed by atoms with Crippen LogP contribution in [0.3, 0.4) is 0 Å². The van der Waals surface area contributed by atoms with Crippen LogP contribution in [0.5, 0.6) is 0 Å². The number of hydrogen-bond donors (Lipinski definition) is 1. The number of piperidine rings is 1. The van der Waals surface area contributed by atoms with Crippen molar-refractivity contribution >= 4 is 23.6 Å². The van der Waals surface area contributed by atoms with Crippen LogP contribution in [0.1, 0.15) is 46.5 Å². The van der Waals surface area contributed by atoms with Crippen molar-refractivity contribution in [1.82, 2.24) is 19.9 Å². The number of hydrogen-bond acceptors (Lipinski definition) is 6. The minimum absolute atomic E-state index is 0.201. The molecule has 2 aliphatic rings. The van der Waals surface area contributed by atoms with Crippen molar-refractivity contribution in [2.24, 2.45) is 5.41 Å². The zero-order valence-corrected chi connectivity index (χ0v) is 15.1. The summed E-state index contributed by atoms with van der Waals surface area (Å²) in [5.41, 5.74) is -0.115. The number of anilines is 1. The maximum absolute atomic E-state index is 12.1. The molecular weight excluding hydrogens is 330 g/mol. The molecule has 1 spiro atoms. The quantitative estimate of drug-likeness (QED) is 0.879. The van der Waals surface area contributed by atoms with Crippen LogP contribution < -0.4 is 5.32 Å². The minimum atomic E-state index is -0.441. The number of nitrogens with zero attached hydrogens (tertiary/aromatic N) is 4. The first kappa shape index (κ1) is 17.2. The van der Waals surface area contributed by atoms with E-state index in [2.05, 4.69) is 20.3 Å². The Kier molecular flexibility index (Phi) is 4.55. The summed E-state index contributed by atoms with van der Waals surface area (Å²) in [6, 6.07) is 0.358. The summed E-state index contributed by atoms with van der Waals surface area (Å²) in [5.74, 6) is 0.529. The fourth-order valence-corrected chi connectivity index (χ4v) is 3.64. The number of carbonyl (C=O) groups excluding carboxylic acids is 1. The maximum Gasteiger partial charge on any atom is 0.410 e. The van der Waals surface area contributed by atoms with E-state index >= 15 is 0 Å². The monoisotopic (exact) mass is 353 g/mol. The van der Waals surface area contributed by atoms with Gasteiger partial charge in [-0.1, -0.05) is 0 Å². The van der Waals surface area contributed by atoms with Gasteiger partial charge in [-0.05, 0) is 63.5 Å². The molecule has 24 heavy (non-hydrogen) atoms. The highest BCUT2D eigenvalue weighted by atomic mass is 35.5. The smallest absolute Gasteiger partial charge is 0.410 e. The molecule has 2 heterocycles. The second-order valence-electron chi connectivity index (χ2n) is 7.80. The molecule has 1 saturated carbocycles. The molecule has 1 aromatic heterocycles. The first-order valence-corrected chi connectivity index (χ1v) is 8.72. The highest BCUT2D eigenvalue weighted by Gasteiger charge is 2.46. The number of rotatable bonds is 2. The first-order chi connectivity index (χ1) is 11.2. The Morgan fingerprint density at radius 1 is 1.33 bits per heavy atom. The molecule has 2 fully saturated rings. The number of amides is 1. The van der Waals surface area contributed by atoms with E-state index in [0.717, 1.165) is 38.8 Å².